The van der Waals surface area contributed by atoms with Crippen molar-refractivity contribution >= 4 is 29.1 Å². The number of rotatable bonds is 2. The molecule has 2 aromatic carbocycles. The van der Waals surface area contributed by atoms with Crippen molar-refractivity contribution in [2.24, 2.45) is 4.99 Å². The normalized spacial score (nSPS) is 17.9. The van der Waals surface area contributed by atoms with Crippen molar-refractivity contribution in [3.8, 4) is 0 Å². The standard InChI is InChI=1S/C27H26N2O2S/c1-26(2)11-12-27(3,4)19-14-23-17(13-18(19)26)24(16-9-10-21(25(30)31)28-15-16)29-20-7-5-6-8-22(20)32-23/h5-10,13-15H,11-12H2,1-4H3,(H,30,31). The van der Waals surface area contributed by atoms with E-state index in [1.54, 1.807) is 24.0 Å². The Hall–Kier alpha value is -2.92. The zero-order chi connectivity index (χ0) is 22.7. The van der Waals surface area contributed by atoms with Crippen LogP contribution in [-0.4, -0.2) is 21.8 Å². The van der Waals surface area contributed by atoms with Crippen LogP contribution in [0, 0.1) is 0 Å². The first-order chi connectivity index (χ1) is 15.2. The van der Waals surface area contributed by atoms with Gasteiger partial charge in [-0.15, -0.1) is 0 Å². The van der Waals surface area contributed by atoms with Crippen molar-refractivity contribution in [1.82, 2.24) is 4.98 Å². The maximum atomic E-state index is 11.3. The van der Waals surface area contributed by atoms with Gasteiger partial charge >= 0.3 is 5.97 Å². The minimum absolute atomic E-state index is 0.0336. The van der Waals surface area contributed by atoms with Crippen molar-refractivity contribution in [2.75, 3.05) is 0 Å². The fourth-order valence-electron chi connectivity index (χ4n) is 4.68. The molecule has 0 bridgehead atoms. The molecule has 0 saturated heterocycles. The Balaban J connectivity index is 1.78. The monoisotopic (exact) mass is 442 g/mol. The molecule has 162 valence electrons. The maximum absolute atomic E-state index is 11.3. The van der Waals surface area contributed by atoms with Crippen LogP contribution in [-0.2, 0) is 10.8 Å². The summed E-state index contributed by atoms with van der Waals surface area (Å²) in [4.78, 5) is 22.8. The summed E-state index contributed by atoms with van der Waals surface area (Å²) in [6.07, 6.45) is 3.92. The van der Waals surface area contributed by atoms with Crippen LogP contribution in [0.5, 0.6) is 0 Å². The van der Waals surface area contributed by atoms with E-state index in [9.17, 15) is 9.90 Å². The Morgan fingerprint density at radius 1 is 0.938 bits per heavy atom. The van der Waals surface area contributed by atoms with Gasteiger partial charge in [0.1, 0.15) is 5.69 Å². The van der Waals surface area contributed by atoms with Gasteiger partial charge in [-0.05, 0) is 71.2 Å². The lowest BCUT2D eigenvalue weighted by molar-refractivity contribution is 0.0690. The number of nitrogens with zero attached hydrogens (tertiary/aromatic N) is 2. The molecule has 0 atom stereocenters. The number of carboxylic acids is 1. The lowest BCUT2D eigenvalue weighted by Gasteiger charge is -2.42. The third-order valence-corrected chi connectivity index (χ3v) is 7.90. The molecule has 2 heterocycles. The molecule has 32 heavy (non-hydrogen) atoms. The summed E-state index contributed by atoms with van der Waals surface area (Å²) in [5.41, 5.74) is 6.69. The average molecular weight is 443 g/mol. The number of hydrogen-bond donors (Lipinski definition) is 1. The van der Waals surface area contributed by atoms with Crippen molar-refractivity contribution in [1.29, 1.82) is 0 Å². The molecule has 2 aliphatic rings. The topological polar surface area (TPSA) is 62.5 Å². The third-order valence-electron chi connectivity index (χ3n) is 6.78. The molecule has 0 radical (unpaired) electrons. The zero-order valence-electron chi connectivity index (χ0n) is 18.8. The molecule has 3 aromatic rings. The second-order valence-corrected chi connectivity index (χ2v) is 11.0. The Bertz CT molecular complexity index is 1270. The van der Waals surface area contributed by atoms with Gasteiger partial charge < -0.3 is 5.11 Å². The van der Waals surface area contributed by atoms with E-state index in [1.807, 2.05) is 24.3 Å². The van der Waals surface area contributed by atoms with Gasteiger partial charge in [0.05, 0.1) is 11.4 Å². The third kappa shape index (κ3) is 3.45. The first-order valence-corrected chi connectivity index (χ1v) is 11.7. The SMILES string of the molecule is CC1(C)CCC(C)(C)c2cc3c(cc21)Sc1ccccc1N=C3c1ccc(C(=O)O)nc1. The van der Waals surface area contributed by atoms with Gasteiger partial charge in [-0.3, -0.25) is 0 Å². The first kappa shape index (κ1) is 21.0. The van der Waals surface area contributed by atoms with E-state index in [2.05, 4.69) is 50.9 Å². The molecular weight excluding hydrogens is 416 g/mol. The number of aromatic carboxylic acids is 1. The van der Waals surface area contributed by atoms with E-state index in [0.717, 1.165) is 40.3 Å². The van der Waals surface area contributed by atoms with Crippen molar-refractivity contribution in [3.05, 3.63) is 82.7 Å². The summed E-state index contributed by atoms with van der Waals surface area (Å²) in [5, 5.41) is 9.26. The summed E-state index contributed by atoms with van der Waals surface area (Å²) in [5.74, 6) is -1.03. The van der Waals surface area contributed by atoms with E-state index < -0.39 is 5.97 Å². The van der Waals surface area contributed by atoms with Gasteiger partial charge in [-0.1, -0.05) is 51.6 Å². The highest BCUT2D eigenvalue weighted by molar-refractivity contribution is 7.99. The van der Waals surface area contributed by atoms with Crippen LogP contribution in [0.1, 0.15) is 73.3 Å². The molecule has 4 nitrogen and oxygen atoms in total. The molecule has 0 unspecified atom stereocenters. The maximum Gasteiger partial charge on any atom is 0.354 e. The van der Waals surface area contributed by atoms with E-state index in [-0.39, 0.29) is 16.5 Å². The number of carbonyl (C=O) groups is 1. The number of aliphatic imine (C=N–C) groups is 1. The van der Waals surface area contributed by atoms with Crippen molar-refractivity contribution < 1.29 is 9.90 Å². The number of carboxylic acid groups (broad SMARTS) is 1. The van der Waals surface area contributed by atoms with Gasteiger partial charge in [0.25, 0.3) is 0 Å². The highest BCUT2D eigenvalue weighted by atomic mass is 32.2. The molecule has 5 rings (SSSR count). The summed E-state index contributed by atoms with van der Waals surface area (Å²) in [6, 6.07) is 16.2. The van der Waals surface area contributed by atoms with E-state index >= 15 is 0 Å². The molecule has 1 aliphatic carbocycles. The summed E-state index contributed by atoms with van der Waals surface area (Å²) < 4.78 is 0. The summed E-state index contributed by atoms with van der Waals surface area (Å²) in [6.45, 7) is 9.33. The highest BCUT2D eigenvalue weighted by Crippen LogP contribution is 2.50. The van der Waals surface area contributed by atoms with Gasteiger partial charge in [-0.25, -0.2) is 14.8 Å². The smallest absolute Gasteiger partial charge is 0.354 e. The first-order valence-electron chi connectivity index (χ1n) is 10.9. The number of para-hydroxylation sites is 1. The molecule has 1 aromatic heterocycles. The minimum Gasteiger partial charge on any atom is -0.477 e. The lowest BCUT2D eigenvalue weighted by atomic mass is 9.63. The molecule has 0 fully saturated rings. The highest BCUT2D eigenvalue weighted by Gasteiger charge is 2.38. The van der Waals surface area contributed by atoms with Crippen molar-refractivity contribution in [3.63, 3.8) is 0 Å². The Labute approximate surface area is 192 Å². The van der Waals surface area contributed by atoms with Gasteiger partial charge in [-0.2, -0.15) is 0 Å². The fraction of sp³-hybridized carbons (Fsp3) is 0.296. The minimum atomic E-state index is -1.03. The molecule has 0 saturated carbocycles. The lowest BCUT2D eigenvalue weighted by Crippen LogP contribution is -2.34. The Morgan fingerprint density at radius 3 is 2.28 bits per heavy atom. The quantitative estimate of drug-likeness (QED) is 0.372. The van der Waals surface area contributed by atoms with E-state index in [4.69, 9.17) is 4.99 Å². The van der Waals surface area contributed by atoms with Crippen LogP contribution >= 0.6 is 11.8 Å². The van der Waals surface area contributed by atoms with Crippen LogP contribution in [0.2, 0.25) is 0 Å². The summed E-state index contributed by atoms with van der Waals surface area (Å²) in [7, 11) is 0. The molecule has 0 amide bonds. The predicted octanol–water partition coefficient (Wildman–Crippen LogP) is 6.76. The average Bonchev–Trinajstić information content (AvgIpc) is 2.92. The molecular formula is C27H26N2O2S. The largest absolute Gasteiger partial charge is 0.477 e. The van der Waals surface area contributed by atoms with Crippen LogP contribution in [0.3, 0.4) is 0 Å². The molecule has 1 N–H and O–H groups in total. The van der Waals surface area contributed by atoms with Crippen LogP contribution < -0.4 is 0 Å². The number of hydrogen-bond acceptors (Lipinski definition) is 4. The zero-order valence-corrected chi connectivity index (χ0v) is 19.6. The second kappa shape index (κ2) is 7.31. The Kier molecular flexibility index (Phi) is 4.79. The fourth-order valence-corrected chi connectivity index (χ4v) is 5.72. The van der Waals surface area contributed by atoms with Crippen LogP contribution in [0.15, 0.2) is 69.5 Å². The second-order valence-electron chi connectivity index (χ2n) is 9.93. The number of aromatic nitrogens is 1. The van der Waals surface area contributed by atoms with E-state index in [1.165, 1.54) is 16.0 Å². The number of pyridine rings is 1. The predicted molar refractivity (Wildman–Crippen MR) is 129 cm³/mol. The number of fused-ring (bicyclic) bond motifs is 3. The molecule has 0 spiro atoms. The van der Waals surface area contributed by atoms with Gasteiger partial charge in [0.15, 0.2) is 0 Å². The van der Waals surface area contributed by atoms with Gasteiger partial charge in [0, 0.05) is 27.1 Å². The molecule has 1 aliphatic heterocycles. The van der Waals surface area contributed by atoms with Crippen LogP contribution in [0.4, 0.5) is 5.69 Å². The van der Waals surface area contributed by atoms with Crippen LogP contribution in [0.25, 0.3) is 0 Å². The van der Waals surface area contributed by atoms with Gasteiger partial charge in [0.2, 0.25) is 0 Å². The summed E-state index contributed by atoms with van der Waals surface area (Å²) >= 11 is 1.75. The molecule has 5 heteroatoms. The number of benzene rings is 2. The van der Waals surface area contributed by atoms with Crippen molar-refractivity contribution in [2.45, 2.75) is 61.2 Å². The Morgan fingerprint density at radius 2 is 1.62 bits per heavy atom. The van der Waals surface area contributed by atoms with E-state index in [0.29, 0.717) is 0 Å².